The molecule has 5 rings (SSSR count). The number of rotatable bonds is 8. The molecular formula is C30H31N7O3. The highest BCUT2D eigenvalue weighted by Gasteiger charge is 2.21. The summed E-state index contributed by atoms with van der Waals surface area (Å²) in [4.78, 5) is 39.1. The third-order valence-electron chi connectivity index (χ3n) is 6.96. The zero-order chi connectivity index (χ0) is 27.9. The molecule has 0 spiro atoms. The Labute approximate surface area is 232 Å². The maximum absolute atomic E-state index is 13.1. The largest absolute Gasteiger partial charge is 0.465 e. The number of benzene rings is 2. The van der Waals surface area contributed by atoms with Crippen LogP contribution in [0.5, 0.6) is 0 Å². The standard InChI is InChI=1S/C30H31N7O3/c1-20-6-7-22(16-27(20)36-29-32-14-12-26(35-29)23-4-2-13-31-17-23)28(38)34-25-10-8-21(9-11-25)24-5-3-15-37(18-24)19-33-30(39)40/h2,4,6-14,16-17,24,33H,3,5,15,18-19H2,1H3,(H,34,38)(H,39,40)(H,32,35,36). The monoisotopic (exact) mass is 537 g/mol. The topological polar surface area (TPSA) is 132 Å². The van der Waals surface area contributed by atoms with Crippen LogP contribution in [0.25, 0.3) is 11.3 Å². The maximum Gasteiger partial charge on any atom is 0.405 e. The number of carbonyl (C=O) groups excluding carboxylic acids is 1. The lowest BCUT2D eigenvalue weighted by atomic mass is 9.90. The number of hydrogen-bond donors (Lipinski definition) is 4. The number of anilines is 3. The second-order valence-electron chi connectivity index (χ2n) is 9.79. The number of carboxylic acid groups (broad SMARTS) is 1. The summed E-state index contributed by atoms with van der Waals surface area (Å²) in [5.41, 5.74) is 5.72. The van der Waals surface area contributed by atoms with Crippen molar-refractivity contribution >= 4 is 29.3 Å². The van der Waals surface area contributed by atoms with Gasteiger partial charge < -0.3 is 21.1 Å². The van der Waals surface area contributed by atoms with E-state index in [0.29, 0.717) is 29.8 Å². The minimum Gasteiger partial charge on any atom is -0.465 e. The Morgan fingerprint density at radius 1 is 1.07 bits per heavy atom. The molecule has 1 aliphatic heterocycles. The fourth-order valence-corrected chi connectivity index (χ4v) is 4.80. The van der Waals surface area contributed by atoms with Crippen molar-refractivity contribution in [2.75, 3.05) is 30.4 Å². The van der Waals surface area contributed by atoms with E-state index in [1.54, 1.807) is 30.7 Å². The van der Waals surface area contributed by atoms with Crippen LogP contribution < -0.4 is 16.0 Å². The van der Waals surface area contributed by atoms with Crippen molar-refractivity contribution in [2.45, 2.75) is 25.7 Å². The first-order chi connectivity index (χ1) is 19.4. The molecule has 0 aliphatic carbocycles. The molecule has 2 amide bonds. The van der Waals surface area contributed by atoms with Crippen molar-refractivity contribution < 1.29 is 14.7 Å². The Bertz CT molecular complexity index is 1480. The minimum absolute atomic E-state index is 0.218. The number of piperidine rings is 1. The molecule has 0 saturated carbocycles. The Kier molecular flexibility index (Phi) is 8.26. The van der Waals surface area contributed by atoms with Crippen LogP contribution in [-0.4, -0.2) is 56.7 Å². The zero-order valence-electron chi connectivity index (χ0n) is 22.2. The van der Waals surface area contributed by atoms with Crippen molar-refractivity contribution in [2.24, 2.45) is 0 Å². The van der Waals surface area contributed by atoms with Gasteiger partial charge in [0.1, 0.15) is 0 Å². The van der Waals surface area contributed by atoms with Crippen LogP contribution in [0.1, 0.15) is 40.2 Å². The normalized spacial score (nSPS) is 15.3. The molecule has 1 fully saturated rings. The number of carbonyl (C=O) groups is 2. The van der Waals surface area contributed by atoms with Gasteiger partial charge in [-0.2, -0.15) is 0 Å². The van der Waals surface area contributed by atoms with Crippen LogP contribution >= 0.6 is 0 Å². The molecule has 2 aromatic carbocycles. The van der Waals surface area contributed by atoms with Gasteiger partial charge in [-0.15, -0.1) is 0 Å². The molecule has 3 heterocycles. The first kappa shape index (κ1) is 26.8. The predicted octanol–water partition coefficient (Wildman–Crippen LogP) is 5.25. The number of amides is 2. The van der Waals surface area contributed by atoms with Crippen molar-refractivity contribution in [3.63, 3.8) is 0 Å². The fourth-order valence-electron chi connectivity index (χ4n) is 4.80. The number of nitrogens with one attached hydrogen (secondary N) is 3. The molecule has 1 unspecified atom stereocenters. The molecule has 1 atom stereocenters. The number of nitrogens with zero attached hydrogens (tertiary/aromatic N) is 4. The second kappa shape index (κ2) is 12.4. The zero-order valence-corrected chi connectivity index (χ0v) is 22.2. The highest BCUT2D eigenvalue weighted by atomic mass is 16.4. The number of aromatic nitrogens is 3. The van der Waals surface area contributed by atoms with Crippen LogP contribution in [0, 0.1) is 6.92 Å². The van der Waals surface area contributed by atoms with Crippen LogP contribution in [-0.2, 0) is 0 Å². The third kappa shape index (κ3) is 6.78. The molecule has 1 aliphatic rings. The summed E-state index contributed by atoms with van der Waals surface area (Å²) in [6.07, 6.45) is 6.19. The van der Waals surface area contributed by atoms with Crippen LogP contribution in [0.4, 0.5) is 22.1 Å². The van der Waals surface area contributed by atoms with Crippen molar-refractivity contribution in [1.82, 2.24) is 25.2 Å². The molecule has 40 heavy (non-hydrogen) atoms. The van der Waals surface area contributed by atoms with Crippen LogP contribution in [0.3, 0.4) is 0 Å². The molecule has 0 bridgehead atoms. The molecule has 0 radical (unpaired) electrons. The number of likely N-dealkylation sites (tertiary alicyclic amines) is 1. The highest BCUT2D eigenvalue weighted by Crippen LogP contribution is 2.28. The molecule has 4 aromatic rings. The molecule has 10 nitrogen and oxygen atoms in total. The Hall–Kier alpha value is -4.83. The van der Waals surface area contributed by atoms with E-state index in [4.69, 9.17) is 5.11 Å². The van der Waals surface area contributed by atoms with Gasteiger partial charge in [-0.05, 0) is 85.8 Å². The van der Waals surface area contributed by atoms with Gasteiger partial charge in [-0.1, -0.05) is 18.2 Å². The summed E-state index contributed by atoms with van der Waals surface area (Å²) in [6.45, 7) is 3.95. The maximum atomic E-state index is 13.1. The van der Waals surface area contributed by atoms with Crippen molar-refractivity contribution in [1.29, 1.82) is 0 Å². The SMILES string of the molecule is Cc1ccc(C(=O)Nc2ccc(C3CCCN(CNC(=O)O)C3)cc2)cc1Nc1nccc(-c2cccnc2)n1. The summed E-state index contributed by atoms with van der Waals surface area (Å²) in [7, 11) is 0. The highest BCUT2D eigenvalue weighted by molar-refractivity contribution is 6.05. The molecule has 204 valence electrons. The fraction of sp³-hybridized carbons (Fsp3) is 0.233. The number of pyridine rings is 1. The lowest BCUT2D eigenvalue weighted by Crippen LogP contribution is -2.42. The molecular weight excluding hydrogens is 506 g/mol. The van der Waals surface area contributed by atoms with Gasteiger partial charge >= 0.3 is 6.09 Å². The lowest BCUT2D eigenvalue weighted by molar-refractivity contribution is 0.102. The molecule has 4 N–H and O–H groups in total. The molecule has 2 aromatic heterocycles. The first-order valence-corrected chi connectivity index (χ1v) is 13.2. The van der Waals surface area contributed by atoms with Gasteiger partial charge in [0, 0.05) is 47.6 Å². The van der Waals surface area contributed by atoms with Crippen molar-refractivity contribution in [3.05, 3.63) is 95.9 Å². The third-order valence-corrected chi connectivity index (χ3v) is 6.96. The Morgan fingerprint density at radius 2 is 1.93 bits per heavy atom. The van der Waals surface area contributed by atoms with Gasteiger partial charge in [0.2, 0.25) is 5.95 Å². The van der Waals surface area contributed by atoms with E-state index in [1.807, 2.05) is 55.5 Å². The predicted molar refractivity (Wildman–Crippen MR) is 154 cm³/mol. The average molecular weight is 538 g/mol. The Morgan fingerprint density at radius 3 is 2.70 bits per heavy atom. The summed E-state index contributed by atoms with van der Waals surface area (Å²) >= 11 is 0. The van der Waals surface area contributed by atoms with Crippen LogP contribution in [0.15, 0.2) is 79.3 Å². The van der Waals surface area contributed by atoms with E-state index in [2.05, 4.69) is 35.8 Å². The Balaban J connectivity index is 1.23. The first-order valence-electron chi connectivity index (χ1n) is 13.2. The van der Waals surface area contributed by atoms with E-state index in [-0.39, 0.29) is 5.91 Å². The van der Waals surface area contributed by atoms with Crippen LogP contribution in [0.2, 0.25) is 0 Å². The molecule has 1 saturated heterocycles. The summed E-state index contributed by atoms with van der Waals surface area (Å²) in [6, 6.07) is 19.0. The lowest BCUT2D eigenvalue weighted by Gasteiger charge is -2.32. The van der Waals surface area contributed by atoms with Gasteiger partial charge in [-0.25, -0.2) is 14.8 Å². The summed E-state index contributed by atoms with van der Waals surface area (Å²) < 4.78 is 0. The van der Waals surface area contributed by atoms with Gasteiger partial charge in [0.15, 0.2) is 0 Å². The van der Waals surface area contributed by atoms with E-state index in [0.717, 1.165) is 48.4 Å². The van der Waals surface area contributed by atoms with E-state index in [9.17, 15) is 9.59 Å². The van der Waals surface area contributed by atoms with Gasteiger partial charge in [-0.3, -0.25) is 14.7 Å². The smallest absolute Gasteiger partial charge is 0.405 e. The number of aryl methyl sites for hydroxylation is 1. The average Bonchev–Trinajstić information content (AvgIpc) is 2.98. The van der Waals surface area contributed by atoms with E-state index in [1.165, 1.54) is 5.56 Å². The summed E-state index contributed by atoms with van der Waals surface area (Å²) in [5, 5.41) is 17.5. The molecule has 10 heteroatoms. The number of hydrogen-bond acceptors (Lipinski definition) is 7. The second-order valence-corrected chi connectivity index (χ2v) is 9.79. The van der Waals surface area contributed by atoms with E-state index >= 15 is 0 Å². The minimum atomic E-state index is -1.01. The van der Waals surface area contributed by atoms with Gasteiger partial charge in [0.05, 0.1) is 12.4 Å². The quantitative estimate of drug-likeness (QED) is 0.240. The summed E-state index contributed by atoms with van der Waals surface area (Å²) in [5.74, 6) is 0.528. The van der Waals surface area contributed by atoms with Gasteiger partial charge in [0.25, 0.3) is 5.91 Å². The van der Waals surface area contributed by atoms with Crippen molar-refractivity contribution in [3.8, 4) is 11.3 Å². The van der Waals surface area contributed by atoms with E-state index < -0.39 is 6.09 Å².